The van der Waals surface area contributed by atoms with E-state index in [0.717, 1.165) is 10.4 Å². The summed E-state index contributed by atoms with van der Waals surface area (Å²) in [7, 11) is 1.31. The van der Waals surface area contributed by atoms with Gasteiger partial charge in [0.1, 0.15) is 10.7 Å². The van der Waals surface area contributed by atoms with E-state index in [1.807, 2.05) is 30.3 Å². The molecular weight excluding hydrogens is 410 g/mol. The third-order valence-corrected chi connectivity index (χ3v) is 5.24. The summed E-state index contributed by atoms with van der Waals surface area (Å²) in [6.07, 6.45) is 0.654. The molecule has 2 N–H and O–H groups in total. The molecule has 0 aliphatic heterocycles. The standard InChI is InChI=1S/C20H17N3O4S2/c1-27-19(24)15-12-14(11-13-7-3-2-4-8-13)29-18(15)22-20(28)21-16-9-5-6-10-17(16)23(25)26/h2-10,12H,11H2,1H3,(H2,21,22,28). The van der Waals surface area contributed by atoms with Crippen LogP contribution in [-0.4, -0.2) is 23.1 Å². The third kappa shape index (κ3) is 5.15. The molecule has 0 bridgehead atoms. The van der Waals surface area contributed by atoms with E-state index in [4.69, 9.17) is 17.0 Å². The quantitative estimate of drug-likeness (QED) is 0.252. The number of hydrogen-bond donors (Lipinski definition) is 2. The fourth-order valence-corrected chi connectivity index (χ4v) is 4.04. The van der Waals surface area contributed by atoms with Crippen molar-refractivity contribution in [3.63, 3.8) is 0 Å². The molecule has 0 fully saturated rings. The molecule has 29 heavy (non-hydrogen) atoms. The molecule has 0 aliphatic rings. The van der Waals surface area contributed by atoms with E-state index in [0.29, 0.717) is 17.0 Å². The second-order valence-corrected chi connectivity index (χ2v) is 7.51. The summed E-state index contributed by atoms with van der Waals surface area (Å²) in [6, 6.07) is 17.8. The number of methoxy groups -OCH3 is 1. The second-order valence-electron chi connectivity index (χ2n) is 5.96. The molecule has 0 unspecified atom stereocenters. The van der Waals surface area contributed by atoms with Gasteiger partial charge in [-0.05, 0) is 29.9 Å². The molecule has 7 nitrogen and oxygen atoms in total. The van der Waals surface area contributed by atoms with E-state index >= 15 is 0 Å². The van der Waals surface area contributed by atoms with E-state index in [1.165, 1.54) is 24.5 Å². The summed E-state index contributed by atoms with van der Waals surface area (Å²) >= 11 is 6.67. The topological polar surface area (TPSA) is 93.5 Å². The Morgan fingerprint density at radius 1 is 1.14 bits per heavy atom. The number of hydrogen-bond acceptors (Lipinski definition) is 6. The number of ether oxygens (including phenoxy) is 1. The minimum atomic E-state index is -0.492. The van der Waals surface area contributed by atoms with E-state index < -0.39 is 10.9 Å². The van der Waals surface area contributed by atoms with Crippen molar-refractivity contribution in [3.8, 4) is 0 Å². The first-order valence-corrected chi connectivity index (χ1v) is 9.76. The van der Waals surface area contributed by atoms with Crippen LogP contribution in [0.4, 0.5) is 16.4 Å². The van der Waals surface area contributed by atoms with Gasteiger partial charge in [-0.3, -0.25) is 10.1 Å². The lowest BCUT2D eigenvalue weighted by Gasteiger charge is -2.10. The number of benzene rings is 2. The monoisotopic (exact) mass is 427 g/mol. The van der Waals surface area contributed by atoms with Gasteiger partial charge in [-0.15, -0.1) is 11.3 Å². The summed E-state index contributed by atoms with van der Waals surface area (Å²) in [5.74, 6) is -0.489. The summed E-state index contributed by atoms with van der Waals surface area (Å²) in [4.78, 5) is 23.8. The van der Waals surface area contributed by atoms with Gasteiger partial charge in [0.25, 0.3) is 5.69 Å². The van der Waals surface area contributed by atoms with Crippen LogP contribution in [0.25, 0.3) is 0 Å². The van der Waals surface area contributed by atoms with Crippen LogP contribution in [0.2, 0.25) is 0 Å². The smallest absolute Gasteiger partial charge is 0.340 e. The second kappa shape index (κ2) is 9.26. The Balaban J connectivity index is 1.81. The maximum Gasteiger partial charge on any atom is 0.340 e. The number of rotatable bonds is 6. The molecule has 9 heteroatoms. The third-order valence-electron chi connectivity index (χ3n) is 3.99. The SMILES string of the molecule is COC(=O)c1cc(Cc2ccccc2)sc1NC(=S)Nc1ccccc1[N+](=O)[O-]. The number of thiophene rings is 1. The first-order chi connectivity index (χ1) is 14.0. The van der Waals surface area contributed by atoms with Gasteiger partial charge in [-0.25, -0.2) is 4.79 Å². The maximum atomic E-state index is 12.2. The first-order valence-electron chi connectivity index (χ1n) is 8.54. The molecular formula is C20H17N3O4S2. The van der Waals surface area contributed by atoms with Crippen molar-refractivity contribution in [1.82, 2.24) is 0 Å². The minimum absolute atomic E-state index is 0.0965. The maximum absolute atomic E-state index is 12.2. The number of nitrogens with one attached hydrogen (secondary N) is 2. The Hall–Kier alpha value is -3.30. The molecule has 0 aliphatic carbocycles. The summed E-state index contributed by atoms with van der Waals surface area (Å²) in [5, 5.41) is 17.6. The number of nitrogens with zero attached hydrogens (tertiary/aromatic N) is 1. The van der Waals surface area contributed by atoms with E-state index in [2.05, 4.69) is 10.6 Å². The number of anilines is 2. The number of esters is 1. The molecule has 148 valence electrons. The number of nitro benzene ring substituents is 1. The van der Waals surface area contributed by atoms with Gasteiger partial charge in [0.05, 0.1) is 17.6 Å². The van der Waals surface area contributed by atoms with Crippen molar-refractivity contribution >= 4 is 51.0 Å². The lowest BCUT2D eigenvalue weighted by molar-refractivity contribution is -0.383. The van der Waals surface area contributed by atoms with E-state index in [-0.39, 0.29) is 16.5 Å². The molecule has 1 aromatic heterocycles. The van der Waals surface area contributed by atoms with Crippen molar-refractivity contribution in [2.45, 2.75) is 6.42 Å². The highest BCUT2D eigenvalue weighted by atomic mass is 32.1. The molecule has 0 atom stereocenters. The van der Waals surface area contributed by atoms with Crippen LogP contribution in [0.3, 0.4) is 0 Å². The molecule has 1 heterocycles. The van der Waals surface area contributed by atoms with Crippen LogP contribution in [0.1, 0.15) is 20.8 Å². The average Bonchev–Trinajstić information content (AvgIpc) is 3.10. The number of para-hydroxylation sites is 2. The van der Waals surface area contributed by atoms with Gasteiger partial charge in [-0.1, -0.05) is 42.5 Å². The van der Waals surface area contributed by atoms with Crippen LogP contribution in [0.15, 0.2) is 60.7 Å². The average molecular weight is 428 g/mol. The molecule has 0 saturated heterocycles. The summed E-state index contributed by atoms with van der Waals surface area (Å²) < 4.78 is 4.87. The molecule has 0 radical (unpaired) electrons. The van der Waals surface area contributed by atoms with Crippen LogP contribution in [0.5, 0.6) is 0 Å². The number of carbonyl (C=O) groups excluding carboxylic acids is 1. The number of carbonyl (C=O) groups is 1. The van der Waals surface area contributed by atoms with Crippen molar-refractivity contribution in [1.29, 1.82) is 0 Å². The zero-order valence-electron chi connectivity index (χ0n) is 15.4. The van der Waals surface area contributed by atoms with Gasteiger partial charge >= 0.3 is 5.97 Å². The Kier molecular flexibility index (Phi) is 6.53. The Morgan fingerprint density at radius 2 is 1.83 bits per heavy atom. The van der Waals surface area contributed by atoms with E-state index in [1.54, 1.807) is 24.3 Å². The van der Waals surface area contributed by atoms with Crippen LogP contribution in [0, 0.1) is 10.1 Å². The molecule has 3 rings (SSSR count). The number of thiocarbonyl (C=S) groups is 1. The molecule has 0 amide bonds. The first kappa shape index (κ1) is 20.4. The Labute approximate surface area is 176 Å². The molecule has 2 aromatic carbocycles. The van der Waals surface area contributed by atoms with Gasteiger partial charge < -0.3 is 15.4 Å². The van der Waals surface area contributed by atoms with Gasteiger partial charge in [0.2, 0.25) is 0 Å². The highest BCUT2D eigenvalue weighted by Crippen LogP contribution is 2.31. The Morgan fingerprint density at radius 3 is 2.52 bits per heavy atom. The molecule has 0 saturated carbocycles. The van der Waals surface area contributed by atoms with Crippen molar-refractivity contribution in [2.24, 2.45) is 0 Å². The van der Waals surface area contributed by atoms with Gasteiger partial charge in [0, 0.05) is 17.4 Å². The predicted octanol–water partition coefficient (Wildman–Crippen LogP) is 4.84. The fraction of sp³-hybridized carbons (Fsp3) is 0.100. The van der Waals surface area contributed by atoms with Gasteiger partial charge in [0.15, 0.2) is 5.11 Å². The van der Waals surface area contributed by atoms with Crippen molar-refractivity contribution in [2.75, 3.05) is 17.7 Å². The van der Waals surface area contributed by atoms with Crippen LogP contribution in [-0.2, 0) is 11.2 Å². The summed E-state index contributed by atoms with van der Waals surface area (Å²) in [6.45, 7) is 0. The normalized spacial score (nSPS) is 10.2. The van der Waals surface area contributed by atoms with Crippen LogP contribution < -0.4 is 10.6 Å². The fourth-order valence-electron chi connectivity index (χ4n) is 2.68. The predicted molar refractivity (Wildman–Crippen MR) is 118 cm³/mol. The molecule has 0 spiro atoms. The zero-order valence-corrected chi connectivity index (χ0v) is 17.0. The minimum Gasteiger partial charge on any atom is -0.465 e. The van der Waals surface area contributed by atoms with Crippen LogP contribution >= 0.6 is 23.6 Å². The van der Waals surface area contributed by atoms with Gasteiger partial charge in [-0.2, -0.15) is 0 Å². The number of nitro groups is 1. The lowest BCUT2D eigenvalue weighted by atomic mass is 10.1. The van der Waals surface area contributed by atoms with Crippen molar-refractivity contribution < 1.29 is 14.5 Å². The summed E-state index contributed by atoms with van der Waals surface area (Å²) in [5.41, 5.74) is 1.63. The largest absolute Gasteiger partial charge is 0.465 e. The highest BCUT2D eigenvalue weighted by molar-refractivity contribution is 7.80. The van der Waals surface area contributed by atoms with Crippen molar-refractivity contribution in [3.05, 3.63) is 86.8 Å². The molecule has 3 aromatic rings. The van der Waals surface area contributed by atoms with E-state index in [9.17, 15) is 14.9 Å². The highest BCUT2D eigenvalue weighted by Gasteiger charge is 2.19. The lowest BCUT2D eigenvalue weighted by Crippen LogP contribution is -2.20. The zero-order chi connectivity index (χ0) is 20.8. The Bertz CT molecular complexity index is 1050.